The quantitative estimate of drug-likeness (QED) is 0.439. The second kappa shape index (κ2) is 5.36. The number of hydrogen-bond acceptors (Lipinski definition) is 6. The molecule has 1 aromatic heterocycles. The zero-order valence-electron chi connectivity index (χ0n) is 11.8. The lowest BCUT2D eigenvalue weighted by Crippen LogP contribution is -2.22. The predicted molar refractivity (Wildman–Crippen MR) is 93.8 cm³/mol. The number of fused-ring (bicyclic) bond motifs is 2. The van der Waals surface area contributed by atoms with E-state index >= 15 is 0 Å². The highest BCUT2D eigenvalue weighted by Gasteiger charge is 2.29. The standard InChI is InChI=1S/C15H9ClN2O3S2/c1-18-14(19)12(23-15(18)22)4-8-2-7-3-10-11(21-6-20-10)5-9(7)17-13(8)16/h2-5H,6H2,1H3/b12-4+. The van der Waals surface area contributed by atoms with Crippen LogP contribution < -0.4 is 9.47 Å². The molecule has 1 aromatic carbocycles. The van der Waals surface area contributed by atoms with Crippen LogP contribution in [0.15, 0.2) is 23.1 Å². The molecule has 5 nitrogen and oxygen atoms in total. The van der Waals surface area contributed by atoms with Gasteiger partial charge in [-0.25, -0.2) is 4.98 Å². The van der Waals surface area contributed by atoms with E-state index in [1.165, 1.54) is 16.7 Å². The molecule has 0 spiro atoms. The molecule has 4 rings (SSSR count). The molecule has 2 aliphatic rings. The second-order valence-corrected chi connectivity index (χ2v) is 7.04. The number of carbonyl (C=O) groups excluding carboxylic acids is 1. The molecule has 8 heteroatoms. The van der Waals surface area contributed by atoms with E-state index in [4.69, 9.17) is 33.3 Å². The molecule has 0 unspecified atom stereocenters. The van der Waals surface area contributed by atoms with Crippen LogP contribution in [0.3, 0.4) is 0 Å². The van der Waals surface area contributed by atoms with Crippen LogP contribution in [0, 0.1) is 0 Å². The number of rotatable bonds is 1. The van der Waals surface area contributed by atoms with Crippen molar-refractivity contribution >= 4 is 62.8 Å². The minimum absolute atomic E-state index is 0.137. The maximum absolute atomic E-state index is 12.1. The number of hydrogen-bond donors (Lipinski definition) is 0. The molecule has 23 heavy (non-hydrogen) atoms. The van der Waals surface area contributed by atoms with Crippen molar-refractivity contribution in [3.8, 4) is 11.5 Å². The number of likely N-dealkylation sites (N-methyl/N-ethyl adjacent to an activating group) is 1. The monoisotopic (exact) mass is 364 g/mol. The number of benzene rings is 1. The first-order chi connectivity index (χ1) is 11.0. The number of pyridine rings is 1. The number of amides is 1. The normalized spacial score (nSPS) is 18.5. The van der Waals surface area contributed by atoms with Gasteiger partial charge in [0.05, 0.1) is 10.4 Å². The lowest BCUT2D eigenvalue weighted by Gasteiger charge is -2.05. The summed E-state index contributed by atoms with van der Waals surface area (Å²) in [7, 11) is 1.65. The van der Waals surface area contributed by atoms with Gasteiger partial charge in [-0.15, -0.1) is 0 Å². The molecular weight excluding hydrogens is 356 g/mol. The van der Waals surface area contributed by atoms with Crippen LogP contribution in [0.1, 0.15) is 5.56 Å². The third-order valence-corrected chi connectivity index (χ3v) is 5.35. The third-order valence-electron chi connectivity index (χ3n) is 3.56. The van der Waals surface area contributed by atoms with Gasteiger partial charge in [-0.05, 0) is 18.2 Å². The van der Waals surface area contributed by atoms with E-state index in [2.05, 4.69) is 4.98 Å². The molecule has 0 N–H and O–H groups in total. The maximum Gasteiger partial charge on any atom is 0.265 e. The fourth-order valence-corrected chi connectivity index (χ4v) is 3.72. The van der Waals surface area contributed by atoms with E-state index in [1.54, 1.807) is 19.2 Å². The van der Waals surface area contributed by atoms with Gasteiger partial charge < -0.3 is 9.47 Å². The molecule has 1 fully saturated rings. The summed E-state index contributed by atoms with van der Waals surface area (Å²) in [6.07, 6.45) is 1.71. The van der Waals surface area contributed by atoms with Crippen molar-refractivity contribution in [2.24, 2.45) is 0 Å². The van der Waals surface area contributed by atoms with E-state index in [0.717, 1.165) is 5.39 Å². The molecule has 0 bridgehead atoms. The van der Waals surface area contributed by atoms with Crippen molar-refractivity contribution in [2.75, 3.05) is 13.8 Å². The first-order valence-electron chi connectivity index (χ1n) is 6.64. The Labute approximate surface area is 146 Å². The van der Waals surface area contributed by atoms with Crippen molar-refractivity contribution in [3.05, 3.63) is 33.8 Å². The van der Waals surface area contributed by atoms with Gasteiger partial charge in [-0.3, -0.25) is 9.69 Å². The minimum atomic E-state index is -0.137. The first kappa shape index (κ1) is 14.7. The van der Waals surface area contributed by atoms with Gasteiger partial charge in [0.1, 0.15) is 9.47 Å². The number of ether oxygens (including phenoxy) is 2. The van der Waals surface area contributed by atoms with Gasteiger partial charge in [0.25, 0.3) is 5.91 Å². The summed E-state index contributed by atoms with van der Waals surface area (Å²) >= 11 is 12.6. The predicted octanol–water partition coefficient (Wildman–Crippen LogP) is 3.45. The number of nitrogens with zero attached hydrogens (tertiary/aromatic N) is 2. The zero-order chi connectivity index (χ0) is 16.1. The number of thioether (sulfide) groups is 1. The lowest BCUT2D eigenvalue weighted by atomic mass is 10.1. The molecule has 1 saturated heterocycles. The Morgan fingerprint density at radius 1 is 1.35 bits per heavy atom. The molecule has 2 aromatic rings. The molecular formula is C15H9ClN2O3S2. The zero-order valence-corrected chi connectivity index (χ0v) is 14.2. The van der Waals surface area contributed by atoms with Crippen molar-refractivity contribution in [1.29, 1.82) is 0 Å². The van der Waals surface area contributed by atoms with Gasteiger partial charge in [0, 0.05) is 24.1 Å². The summed E-state index contributed by atoms with van der Waals surface area (Å²) in [5, 5.41) is 1.18. The lowest BCUT2D eigenvalue weighted by molar-refractivity contribution is -0.121. The van der Waals surface area contributed by atoms with Crippen molar-refractivity contribution in [2.45, 2.75) is 0 Å². The second-order valence-electron chi connectivity index (χ2n) is 5.01. The fraction of sp³-hybridized carbons (Fsp3) is 0.133. The summed E-state index contributed by atoms with van der Waals surface area (Å²) in [5.41, 5.74) is 1.37. The molecule has 116 valence electrons. The third kappa shape index (κ3) is 2.45. The first-order valence-corrected chi connectivity index (χ1v) is 8.24. The Hall–Kier alpha value is -1.83. The van der Waals surface area contributed by atoms with Crippen LogP contribution in [0.2, 0.25) is 5.15 Å². The highest BCUT2D eigenvalue weighted by atomic mass is 35.5. The van der Waals surface area contributed by atoms with Crippen molar-refractivity contribution in [1.82, 2.24) is 9.88 Å². The Morgan fingerprint density at radius 3 is 2.78 bits per heavy atom. The molecule has 2 aliphatic heterocycles. The highest BCUT2D eigenvalue weighted by molar-refractivity contribution is 8.26. The van der Waals surface area contributed by atoms with Crippen LogP contribution in [-0.4, -0.2) is 34.0 Å². The topological polar surface area (TPSA) is 51.7 Å². The summed E-state index contributed by atoms with van der Waals surface area (Å²) in [6, 6.07) is 5.51. The summed E-state index contributed by atoms with van der Waals surface area (Å²) in [6.45, 7) is 0.200. The summed E-state index contributed by atoms with van der Waals surface area (Å²) in [4.78, 5) is 18.4. The number of aromatic nitrogens is 1. The Morgan fingerprint density at radius 2 is 2.09 bits per heavy atom. The number of halogens is 1. The van der Waals surface area contributed by atoms with Gasteiger partial charge in [0.15, 0.2) is 11.5 Å². The van der Waals surface area contributed by atoms with Crippen molar-refractivity contribution < 1.29 is 14.3 Å². The fourth-order valence-electron chi connectivity index (χ4n) is 2.34. The van der Waals surface area contributed by atoms with Crippen LogP contribution >= 0.6 is 35.6 Å². The Balaban J connectivity index is 1.82. The molecule has 0 aliphatic carbocycles. The Kier molecular flexibility index (Phi) is 3.44. The average molecular weight is 365 g/mol. The number of carbonyl (C=O) groups is 1. The van der Waals surface area contributed by atoms with Gasteiger partial charge >= 0.3 is 0 Å². The number of thiocarbonyl (C=S) groups is 1. The van der Waals surface area contributed by atoms with Gasteiger partial charge in [-0.1, -0.05) is 35.6 Å². The Bertz CT molecular complexity index is 913. The average Bonchev–Trinajstić information content (AvgIpc) is 3.06. The van der Waals surface area contributed by atoms with E-state index in [-0.39, 0.29) is 12.7 Å². The minimum Gasteiger partial charge on any atom is -0.454 e. The van der Waals surface area contributed by atoms with E-state index in [1.807, 2.05) is 12.1 Å². The van der Waals surface area contributed by atoms with Crippen LogP contribution in [0.5, 0.6) is 11.5 Å². The SMILES string of the molecule is CN1C(=O)/C(=C\c2cc3cc4c(cc3nc2Cl)OCO4)SC1=S. The van der Waals surface area contributed by atoms with E-state index in [9.17, 15) is 4.79 Å². The molecule has 0 atom stereocenters. The summed E-state index contributed by atoms with van der Waals surface area (Å²) in [5.74, 6) is 1.19. The van der Waals surface area contributed by atoms with Crippen LogP contribution in [0.4, 0.5) is 0 Å². The molecule has 0 saturated carbocycles. The highest BCUT2D eigenvalue weighted by Crippen LogP contribution is 2.38. The largest absolute Gasteiger partial charge is 0.454 e. The molecule has 3 heterocycles. The van der Waals surface area contributed by atoms with Crippen molar-refractivity contribution in [3.63, 3.8) is 0 Å². The van der Waals surface area contributed by atoms with Crippen LogP contribution in [0.25, 0.3) is 17.0 Å². The smallest absolute Gasteiger partial charge is 0.265 e. The molecule has 0 radical (unpaired) electrons. The van der Waals surface area contributed by atoms with Gasteiger partial charge in [0.2, 0.25) is 6.79 Å². The van der Waals surface area contributed by atoms with E-state index in [0.29, 0.717) is 37.0 Å². The molecule has 1 amide bonds. The summed E-state index contributed by atoms with van der Waals surface area (Å²) < 4.78 is 11.2. The van der Waals surface area contributed by atoms with E-state index < -0.39 is 0 Å². The maximum atomic E-state index is 12.1. The van der Waals surface area contributed by atoms with Gasteiger partial charge in [-0.2, -0.15) is 0 Å². The van der Waals surface area contributed by atoms with Crippen LogP contribution in [-0.2, 0) is 4.79 Å².